The number of carbonyl (C=O) groups excluding carboxylic acids is 1. The number of halogens is 1. The van der Waals surface area contributed by atoms with Gasteiger partial charge < -0.3 is 0 Å². The number of amides is 1. The van der Waals surface area contributed by atoms with Gasteiger partial charge in [-0.05, 0) is 36.4 Å². The number of hydrogen-bond acceptors (Lipinski definition) is 3. The van der Waals surface area contributed by atoms with Crippen LogP contribution in [0.5, 0.6) is 0 Å². The predicted molar refractivity (Wildman–Crippen MR) is 66.6 cm³/mol. The molecule has 0 aliphatic carbocycles. The van der Waals surface area contributed by atoms with E-state index in [1.54, 1.807) is 11.8 Å². The van der Waals surface area contributed by atoms with Gasteiger partial charge in [-0.1, -0.05) is 11.6 Å². The van der Waals surface area contributed by atoms with Gasteiger partial charge in [0.25, 0.3) is 0 Å². The van der Waals surface area contributed by atoms with E-state index in [1.807, 2.05) is 24.3 Å². The Labute approximate surface area is 104 Å². The van der Waals surface area contributed by atoms with Crippen LogP contribution in [-0.2, 0) is 9.63 Å². The van der Waals surface area contributed by atoms with Gasteiger partial charge in [-0.15, -0.1) is 11.8 Å². The molecular formula is C11H14ClNO2S. The summed E-state index contributed by atoms with van der Waals surface area (Å²) in [4.78, 5) is 16.7. The molecule has 1 aromatic carbocycles. The highest BCUT2D eigenvalue weighted by Crippen LogP contribution is 2.21. The molecule has 88 valence electrons. The number of nitrogens with one attached hydrogen (secondary N) is 1. The van der Waals surface area contributed by atoms with Gasteiger partial charge in [-0.3, -0.25) is 9.63 Å². The molecule has 0 aliphatic rings. The van der Waals surface area contributed by atoms with Crippen molar-refractivity contribution in [3.05, 3.63) is 29.3 Å². The lowest BCUT2D eigenvalue weighted by Gasteiger charge is -2.02. The number of carbonyl (C=O) groups is 1. The highest BCUT2D eigenvalue weighted by Gasteiger charge is 2.00. The Balaban J connectivity index is 2.16. The van der Waals surface area contributed by atoms with E-state index in [2.05, 4.69) is 10.3 Å². The van der Waals surface area contributed by atoms with Crippen LogP contribution in [-0.4, -0.2) is 18.8 Å². The summed E-state index contributed by atoms with van der Waals surface area (Å²) in [6, 6.07) is 7.67. The topological polar surface area (TPSA) is 38.3 Å². The summed E-state index contributed by atoms with van der Waals surface area (Å²) in [5.41, 5.74) is 2.29. The quantitative estimate of drug-likeness (QED) is 0.485. The van der Waals surface area contributed by atoms with Crippen LogP contribution in [0.2, 0.25) is 5.02 Å². The highest BCUT2D eigenvalue weighted by atomic mass is 35.5. The fraction of sp³-hybridized carbons (Fsp3) is 0.364. The molecule has 1 N–H and O–H groups in total. The van der Waals surface area contributed by atoms with Gasteiger partial charge in [0, 0.05) is 16.3 Å². The molecule has 1 amide bonds. The lowest BCUT2D eigenvalue weighted by Crippen LogP contribution is -2.21. The van der Waals surface area contributed by atoms with Crippen molar-refractivity contribution in [3.8, 4) is 0 Å². The van der Waals surface area contributed by atoms with Crippen molar-refractivity contribution in [1.82, 2.24) is 5.48 Å². The fourth-order valence-corrected chi connectivity index (χ4v) is 2.10. The Bertz CT molecular complexity index is 329. The summed E-state index contributed by atoms with van der Waals surface area (Å²) < 4.78 is 0. The molecule has 0 atom stereocenters. The van der Waals surface area contributed by atoms with Gasteiger partial charge in [0.15, 0.2) is 0 Å². The minimum Gasteiger partial charge on any atom is -0.277 e. The third-order valence-corrected chi connectivity index (χ3v) is 3.20. The SMILES string of the molecule is CONC(=O)CCCSc1ccc(Cl)cc1. The Morgan fingerprint density at radius 1 is 1.44 bits per heavy atom. The molecule has 3 nitrogen and oxygen atoms in total. The lowest BCUT2D eigenvalue weighted by molar-refractivity contribution is -0.131. The largest absolute Gasteiger partial charge is 0.277 e. The molecule has 0 saturated heterocycles. The van der Waals surface area contributed by atoms with E-state index >= 15 is 0 Å². The van der Waals surface area contributed by atoms with Crippen LogP contribution in [0, 0.1) is 0 Å². The molecule has 0 aromatic heterocycles. The summed E-state index contributed by atoms with van der Waals surface area (Å²) in [6.45, 7) is 0. The van der Waals surface area contributed by atoms with Crippen molar-refractivity contribution in [3.63, 3.8) is 0 Å². The molecule has 0 heterocycles. The zero-order chi connectivity index (χ0) is 11.8. The monoisotopic (exact) mass is 259 g/mol. The van der Waals surface area contributed by atoms with Crippen molar-refractivity contribution in [2.24, 2.45) is 0 Å². The molecule has 1 rings (SSSR count). The zero-order valence-electron chi connectivity index (χ0n) is 9.03. The molecule has 0 aliphatic heterocycles. The molecule has 16 heavy (non-hydrogen) atoms. The van der Waals surface area contributed by atoms with Gasteiger partial charge >= 0.3 is 0 Å². The molecule has 0 saturated carbocycles. The highest BCUT2D eigenvalue weighted by molar-refractivity contribution is 7.99. The number of hydroxylamine groups is 1. The van der Waals surface area contributed by atoms with E-state index < -0.39 is 0 Å². The van der Waals surface area contributed by atoms with Gasteiger partial charge in [0.2, 0.25) is 5.91 Å². The molecule has 0 spiro atoms. The fourth-order valence-electron chi connectivity index (χ4n) is 1.12. The van der Waals surface area contributed by atoms with E-state index in [-0.39, 0.29) is 5.91 Å². The van der Waals surface area contributed by atoms with Gasteiger partial charge in [-0.25, -0.2) is 5.48 Å². The van der Waals surface area contributed by atoms with Crippen LogP contribution in [0.25, 0.3) is 0 Å². The average Bonchev–Trinajstić information content (AvgIpc) is 2.27. The average molecular weight is 260 g/mol. The second-order valence-corrected chi connectivity index (χ2v) is 4.74. The zero-order valence-corrected chi connectivity index (χ0v) is 10.6. The third kappa shape index (κ3) is 5.39. The minimum absolute atomic E-state index is 0.0841. The van der Waals surface area contributed by atoms with Crippen molar-refractivity contribution in [2.45, 2.75) is 17.7 Å². The van der Waals surface area contributed by atoms with Crippen LogP contribution in [0.15, 0.2) is 29.2 Å². The summed E-state index contributed by atoms with van der Waals surface area (Å²) in [7, 11) is 1.43. The van der Waals surface area contributed by atoms with E-state index in [9.17, 15) is 4.79 Å². The molecule has 5 heteroatoms. The van der Waals surface area contributed by atoms with Crippen LogP contribution in [0.1, 0.15) is 12.8 Å². The van der Waals surface area contributed by atoms with Crippen LogP contribution >= 0.6 is 23.4 Å². The minimum atomic E-state index is -0.0841. The Hall–Kier alpha value is -0.710. The van der Waals surface area contributed by atoms with Crippen LogP contribution in [0.4, 0.5) is 0 Å². The number of thioether (sulfide) groups is 1. The summed E-state index contributed by atoms with van der Waals surface area (Å²) in [5.74, 6) is 0.817. The van der Waals surface area contributed by atoms with Crippen molar-refractivity contribution in [2.75, 3.05) is 12.9 Å². The smallest absolute Gasteiger partial charge is 0.243 e. The summed E-state index contributed by atoms with van der Waals surface area (Å²) >= 11 is 7.48. The summed E-state index contributed by atoms with van der Waals surface area (Å²) in [6.07, 6.45) is 1.30. The second-order valence-electron chi connectivity index (χ2n) is 3.14. The molecule has 0 radical (unpaired) electrons. The Kier molecular flexibility index (Phi) is 6.30. The standard InChI is InChI=1S/C11H14ClNO2S/c1-15-13-11(14)3-2-8-16-10-6-4-9(12)5-7-10/h4-7H,2-3,8H2,1H3,(H,13,14). The predicted octanol–water partition coefficient (Wildman–Crippen LogP) is 2.89. The van der Waals surface area contributed by atoms with Gasteiger partial charge in [-0.2, -0.15) is 0 Å². The molecule has 0 unspecified atom stereocenters. The number of rotatable bonds is 6. The second kappa shape index (κ2) is 7.54. The first-order valence-electron chi connectivity index (χ1n) is 4.92. The first-order valence-corrected chi connectivity index (χ1v) is 6.29. The molecule has 0 bridgehead atoms. The number of benzene rings is 1. The van der Waals surface area contributed by atoms with E-state index in [4.69, 9.17) is 11.6 Å². The van der Waals surface area contributed by atoms with E-state index in [0.717, 1.165) is 22.1 Å². The van der Waals surface area contributed by atoms with Crippen molar-refractivity contribution >= 4 is 29.3 Å². The molecule has 0 fully saturated rings. The van der Waals surface area contributed by atoms with Crippen molar-refractivity contribution < 1.29 is 9.63 Å². The maximum Gasteiger partial charge on any atom is 0.243 e. The molecular weight excluding hydrogens is 246 g/mol. The molecule has 1 aromatic rings. The normalized spacial score (nSPS) is 10.1. The van der Waals surface area contributed by atoms with Gasteiger partial charge in [0.05, 0.1) is 7.11 Å². The van der Waals surface area contributed by atoms with Crippen LogP contribution < -0.4 is 5.48 Å². The van der Waals surface area contributed by atoms with E-state index in [0.29, 0.717) is 6.42 Å². The Morgan fingerprint density at radius 3 is 2.75 bits per heavy atom. The van der Waals surface area contributed by atoms with E-state index in [1.165, 1.54) is 7.11 Å². The first-order chi connectivity index (χ1) is 7.72. The summed E-state index contributed by atoms with van der Waals surface area (Å²) in [5, 5.41) is 0.740. The van der Waals surface area contributed by atoms with Crippen molar-refractivity contribution in [1.29, 1.82) is 0 Å². The van der Waals surface area contributed by atoms with Crippen LogP contribution in [0.3, 0.4) is 0 Å². The number of hydrogen-bond donors (Lipinski definition) is 1. The van der Waals surface area contributed by atoms with Gasteiger partial charge in [0.1, 0.15) is 0 Å². The first kappa shape index (κ1) is 13.4. The third-order valence-electron chi connectivity index (χ3n) is 1.85. The Morgan fingerprint density at radius 2 is 2.12 bits per heavy atom. The maximum absolute atomic E-state index is 11.0. The maximum atomic E-state index is 11.0. The lowest BCUT2D eigenvalue weighted by atomic mass is 10.3.